The lowest BCUT2D eigenvalue weighted by molar-refractivity contribution is 0.489. The van der Waals surface area contributed by atoms with Gasteiger partial charge in [0.15, 0.2) is 0 Å². The van der Waals surface area contributed by atoms with Crippen molar-refractivity contribution in [1.29, 1.82) is 0 Å². The Hall–Kier alpha value is -0.730. The van der Waals surface area contributed by atoms with E-state index < -0.39 is 10.3 Å². The van der Waals surface area contributed by atoms with E-state index in [4.69, 9.17) is 4.55 Å². The van der Waals surface area contributed by atoms with Gasteiger partial charge in [-0.1, -0.05) is 24.7 Å². The first-order valence-electron chi connectivity index (χ1n) is 4.09. The van der Waals surface area contributed by atoms with Crippen molar-refractivity contribution in [2.75, 3.05) is 4.72 Å². The Morgan fingerprint density at radius 3 is 2.79 bits per heavy atom. The van der Waals surface area contributed by atoms with Crippen LogP contribution in [0.1, 0.15) is 24.8 Å². The Morgan fingerprint density at radius 2 is 2.21 bits per heavy atom. The van der Waals surface area contributed by atoms with Gasteiger partial charge < -0.3 is 0 Å². The van der Waals surface area contributed by atoms with Crippen LogP contribution in [0.3, 0.4) is 0 Å². The molecule has 0 aromatic carbocycles. The van der Waals surface area contributed by atoms with Gasteiger partial charge in [-0.15, -0.1) is 10.2 Å². The van der Waals surface area contributed by atoms with Gasteiger partial charge in [-0.2, -0.15) is 8.42 Å². The lowest BCUT2D eigenvalue weighted by Gasteiger charge is -1.93. The minimum Gasteiger partial charge on any atom is -0.269 e. The molecule has 8 heteroatoms. The molecule has 2 N–H and O–H groups in total. The molecule has 0 saturated heterocycles. The third-order valence-corrected chi connectivity index (χ3v) is 2.91. The molecular formula is C6H11N3O3S2. The molecule has 0 atom stereocenters. The maximum absolute atomic E-state index is 10.4. The molecule has 0 aliphatic rings. The summed E-state index contributed by atoms with van der Waals surface area (Å²) in [6.07, 6.45) is 2.81. The Bertz CT molecular complexity index is 387. The van der Waals surface area contributed by atoms with Crippen LogP contribution in [0.15, 0.2) is 0 Å². The van der Waals surface area contributed by atoms with Crippen molar-refractivity contribution in [2.24, 2.45) is 0 Å². The molecule has 1 rings (SSSR count). The van der Waals surface area contributed by atoms with Crippen LogP contribution >= 0.6 is 11.3 Å². The molecule has 14 heavy (non-hydrogen) atoms. The summed E-state index contributed by atoms with van der Waals surface area (Å²) in [6.45, 7) is 2.05. The van der Waals surface area contributed by atoms with E-state index in [9.17, 15) is 8.42 Å². The number of anilines is 1. The molecule has 0 aliphatic carbocycles. The molecule has 0 unspecified atom stereocenters. The molecule has 6 nitrogen and oxygen atoms in total. The van der Waals surface area contributed by atoms with Crippen LogP contribution in [0.25, 0.3) is 0 Å². The quantitative estimate of drug-likeness (QED) is 0.748. The van der Waals surface area contributed by atoms with E-state index in [2.05, 4.69) is 17.1 Å². The van der Waals surface area contributed by atoms with Crippen LogP contribution in [0, 0.1) is 0 Å². The molecule has 0 spiro atoms. The SMILES string of the molecule is CCCCc1nnc(NS(=O)(=O)O)s1. The van der Waals surface area contributed by atoms with E-state index in [1.807, 2.05) is 4.72 Å². The molecule has 1 aromatic rings. The molecule has 0 saturated carbocycles. The van der Waals surface area contributed by atoms with Gasteiger partial charge >= 0.3 is 10.3 Å². The minimum atomic E-state index is -4.23. The summed E-state index contributed by atoms with van der Waals surface area (Å²) in [5.74, 6) is 0. The molecule has 0 radical (unpaired) electrons. The summed E-state index contributed by atoms with van der Waals surface area (Å²) in [7, 11) is -4.23. The van der Waals surface area contributed by atoms with Crippen LogP contribution in [0.4, 0.5) is 5.13 Å². The topological polar surface area (TPSA) is 92.2 Å². The van der Waals surface area contributed by atoms with Gasteiger partial charge in [0, 0.05) is 6.42 Å². The highest BCUT2D eigenvalue weighted by Gasteiger charge is 2.09. The Kier molecular flexibility index (Phi) is 3.78. The van der Waals surface area contributed by atoms with Gasteiger partial charge in [0.25, 0.3) is 0 Å². The van der Waals surface area contributed by atoms with Crippen molar-refractivity contribution in [1.82, 2.24) is 10.2 Å². The summed E-state index contributed by atoms with van der Waals surface area (Å²) in [6, 6.07) is 0. The number of hydrogen-bond acceptors (Lipinski definition) is 5. The highest BCUT2D eigenvalue weighted by molar-refractivity contribution is 7.87. The lowest BCUT2D eigenvalue weighted by atomic mass is 10.3. The van der Waals surface area contributed by atoms with Gasteiger partial charge in [0.1, 0.15) is 5.01 Å². The minimum absolute atomic E-state index is 0.0959. The molecule has 80 valence electrons. The highest BCUT2D eigenvalue weighted by Crippen LogP contribution is 2.17. The van der Waals surface area contributed by atoms with Crippen molar-refractivity contribution in [3.8, 4) is 0 Å². The van der Waals surface area contributed by atoms with Crippen LogP contribution in [-0.2, 0) is 16.7 Å². The summed E-state index contributed by atoms with van der Waals surface area (Å²) >= 11 is 1.13. The van der Waals surface area contributed by atoms with E-state index in [-0.39, 0.29) is 5.13 Å². The number of aromatic nitrogens is 2. The predicted octanol–water partition coefficient (Wildman–Crippen LogP) is 1.10. The van der Waals surface area contributed by atoms with Crippen molar-refractivity contribution >= 4 is 26.8 Å². The van der Waals surface area contributed by atoms with Crippen LogP contribution in [0.5, 0.6) is 0 Å². The van der Waals surface area contributed by atoms with Crippen molar-refractivity contribution in [3.63, 3.8) is 0 Å². The van der Waals surface area contributed by atoms with Crippen molar-refractivity contribution < 1.29 is 13.0 Å². The van der Waals surface area contributed by atoms with E-state index in [1.165, 1.54) is 0 Å². The van der Waals surface area contributed by atoms with Crippen LogP contribution in [0.2, 0.25) is 0 Å². The zero-order chi connectivity index (χ0) is 10.6. The molecule has 0 aliphatic heterocycles. The van der Waals surface area contributed by atoms with Gasteiger partial charge in [-0.25, -0.2) is 4.72 Å². The average Bonchev–Trinajstić information content (AvgIpc) is 2.46. The first kappa shape index (κ1) is 11.3. The fourth-order valence-corrected chi connectivity index (χ4v) is 2.21. The zero-order valence-electron chi connectivity index (χ0n) is 7.60. The second-order valence-corrected chi connectivity index (χ2v) is 4.90. The number of rotatable bonds is 5. The van der Waals surface area contributed by atoms with Crippen molar-refractivity contribution in [3.05, 3.63) is 5.01 Å². The zero-order valence-corrected chi connectivity index (χ0v) is 9.23. The van der Waals surface area contributed by atoms with E-state index >= 15 is 0 Å². The lowest BCUT2D eigenvalue weighted by Crippen LogP contribution is -2.09. The Morgan fingerprint density at radius 1 is 1.50 bits per heavy atom. The molecule has 1 heterocycles. The third kappa shape index (κ3) is 3.99. The van der Waals surface area contributed by atoms with Gasteiger partial charge in [0.2, 0.25) is 5.13 Å². The fraction of sp³-hybridized carbons (Fsp3) is 0.667. The van der Waals surface area contributed by atoms with Gasteiger partial charge in [-0.05, 0) is 6.42 Å². The normalized spacial score (nSPS) is 11.6. The summed E-state index contributed by atoms with van der Waals surface area (Å²) in [4.78, 5) is 0. The average molecular weight is 237 g/mol. The summed E-state index contributed by atoms with van der Waals surface area (Å²) in [5, 5.41) is 8.20. The highest BCUT2D eigenvalue weighted by atomic mass is 32.2. The molecule has 1 aromatic heterocycles. The number of aryl methyl sites for hydroxylation is 1. The maximum Gasteiger partial charge on any atom is 0.359 e. The van der Waals surface area contributed by atoms with Gasteiger partial charge in [0.05, 0.1) is 0 Å². The predicted molar refractivity (Wildman–Crippen MR) is 53.7 cm³/mol. The standard InChI is InChI=1S/C6H11N3O3S2/c1-2-3-4-5-7-8-6(13-5)9-14(10,11)12/h2-4H2,1H3,(H,8,9)(H,10,11,12). The molecule has 0 fully saturated rings. The largest absolute Gasteiger partial charge is 0.359 e. The smallest absolute Gasteiger partial charge is 0.269 e. The summed E-state index contributed by atoms with van der Waals surface area (Å²) in [5.41, 5.74) is 0. The number of hydrogen-bond donors (Lipinski definition) is 2. The van der Waals surface area contributed by atoms with Crippen LogP contribution in [-0.4, -0.2) is 23.2 Å². The van der Waals surface area contributed by atoms with E-state index in [1.54, 1.807) is 0 Å². The van der Waals surface area contributed by atoms with Gasteiger partial charge in [-0.3, -0.25) is 4.55 Å². The first-order valence-corrected chi connectivity index (χ1v) is 6.34. The number of nitrogens with one attached hydrogen (secondary N) is 1. The number of unbranched alkanes of at least 4 members (excludes halogenated alkanes) is 1. The number of nitrogens with zero attached hydrogens (tertiary/aromatic N) is 2. The van der Waals surface area contributed by atoms with Crippen molar-refractivity contribution in [2.45, 2.75) is 26.2 Å². The van der Waals surface area contributed by atoms with E-state index in [0.29, 0.717) is 0 Å². The monoisotopic (exact) mass is 237 g/mol. The molecule has 0 bridgehead atoms. The second-order valence-electron chi connectivity index (χ2n) is 2.68. The fourth-order valence-electron chi connectivity index (χ4n) is 0.834. The van der Waals surface area contributed by atoms with Crippen LogP contribution < -0.4 is 4.72 Å². The Labute approximate surface area is 86.3 Å². The second kappa shape index (κ2) is 4.67. The summed E-state index contributed by atoms with van der Waals surface area (Å²) < 4.78 is 31.1. The molecular weight excluding hydrogens is 226 g/mol. The first-order chi connectivity index (χ1) is 6.51. The molecule has 0 amide bonds. The third-order valence-electron chi connectivity index (χ3n) is 1.43. The maximum atomic E-state index is 10.4. The van der Waals surface area contributed by atoms with E-state index in [0.717, 1.165) is 35.6 Å². The Balaban J connectivity index is 2.59.